The Bertz CT molecular complexity index is 739. The Hall–Kier alpha value is -1.48. The Balaban J connectivity index is 1.91. The lowest BCUT2D eigenvalue weighted by molar-refractivity contribution is -0.128. The van der Waals surface area contributed by atoms with Crippen molar-refractivity contribution < 1.29 is 18.0 Å². The lowest BCUT2D eigenvalue weighted by atomic mass is 10.1. The number of thioether (sulfide) groups is 1. The van der Waals surface area contributed by atoms with Crippen LogP contribution in [0.1, 0.15) is 16.6 Å². The highest BCUT2D eigenvalue weighted by Gasteiger charge is 2.35. The van der Waals surface area contributed by atoms with E-state index in [-0.39, 0.29) is 23.8 Å². The Kier molecular flexibility index (Phi) is 4.18. The second-order valence-corrected chi connectivity index (χ2v) is 6.57. The SMILES string of the molecule is O=C1CSC(c2[nH]ncc2Br)N1Cc1ccc(F)c(F)c1F. The summed E-state index contributed by atoms with van der Waals surface area (Å²) in [4.78, 5) is 13.4. The van der Waals surface area contributed by atoms with Crippen molar-refractivity contribution in [2.45, 2.75) is 11.9 Å². The van der Waals surface area contributed by atoms with E-state index in [1.807, 2.05) is 0 Å². The van der Waals surface area contributed by atoms with E-state index in [0.717, 1.165) is 12.1 Å². The predicted molar refractivity (Wildman–Crippen MR) is 78.4 cm³/mol. The maximum Gasteiger partial charge on any atom is 0.234 e. The number of halogens is 4. The third-order valence-electron chi connectivity index (χ3n) is 3.29. The van der Waals surface area contributed by atoms with Gasteiger partial charge in [-0.2, -0.15) is 5.10 Å². The normalized spacial score (nSPS) is 18.3. The average Bonchev–Trinajstić information content (AvgIpc) is 3.06. The molecule has 2 heterocycles. The average molecular weight is 392 g/mol. The molecule has 1 amide bonds. The van der Waals surface area contributed by atoms with Gasteiger partial charge in [0.2, 0.25) is 5.91 Å². The Labute approximate surface area is 136 Å². The van der Waals surface area contributed by atoms with Gasteiger partial charge in [-0.25, -0.2) is 13.2 Å². The standard InChI is InChI=1S/C13H9BrF3N3OS/c14-7-3-18-19-12(7)13-20(9(21)5-22-13)4-6-1-2-8(15)11(17)10(6)16/h1-3,13H,4-5H2,(H,18,19). The summed E-state index contributed by atoms with van der Waals surface area (Å²) in [6, 6.07) is 1.99. The van der Waals surface area contributed by atoms with Crippen molar-refractivity contribution in [2.75, 3.05) is 5.75 Å². The zero-order valence-electron chi connectivity index (χ0n) is 10.9. The van der Waals surface area contributed by atoms with Gasteiger partial charge < -0.3 is 4.90 Å². The van der Waals surface area contributed by atoms with E-state index >= 15 is 0 Å². The molecule has 1 aromatic carbocycles. The van der Waals surface area contributed by atoms with Crippen molar-refractivity contribution in [3.05, 3.63) is 51.5 Å². The highest BCUT2D eigenvalue weighted by Crippen LogP contribution is 2.41. The first-order chi connectivity index (χ1) is 10.5. The van der Waals surface area contributed by atoms with E-state index in [2.05, 4.69) is 26.1 Å². The molecule has 1 aliphatic heterocycles. The molecule has 3 rings (SSSR count). The molecule has 0 aliphatic carbocycles. The number of carbonyl (C=O) groups excluding carboxylic acids is 1. The monoisotopic (exact) mass is 391 g/mol. The number of hydrogen-bond acceptors (Lipinski definition) is 3. The van der Waals surface area contributed by atoms with E-state index < -0.39 is 22.8 Å². The molecule has 1 saturated heterocycles. The maximum absolute atomic E-state index is 13.8. The number of nitrogens with one attached hydrogen (secondary N) is 1. The third-order valence-corrected chi connectivity index (χ3v) is 5.14. The van der Waals surface area contributed by atoms with Crippen LogP contribution in [0.25, 0.3) is 0 Å². The van der Waals surface area contributed by atoms with Gasteiger partial charge in [-0.1, -0.05) is 6.07 Å². The second kappa shape index (κ2) is 5.96. The third kappa shape index (κ3) is 2.63. The minimum absolute atomic E-state index is 0.0737. The first-order valence-corrected chi connectivity index (χ1v) is 8.05. The minimum atomic E-state index is -1.53. The van der Waals surface area contributed by atoms with Crippen LogP contribution in [-0.4, -0.2) is 26.8 Å². The number of aromatic amines is 1. The Morgan fingerprint density at radius 1 is 1.36 bits per heavy atom. The molecule has 0 radical (unpaired) electrons. The number of nitrogens with zero attached hydrogens (tertiary/aromatic N) is 2. The molecule has 1 atom stereocenters. The molecule has 2 aromatic rings. The number of carbonyl (C=O) groups is 1. The lowest BCUT2D eigenvalue weighted by Gasteiger charge is -2.23. The molecule has 0 bridgehead atoms. The van der Waals surface area contributed by atoms with Gasteiger partial charge in [0, 0.05) is 5.56 Å². The fourth-order valence-electron chi connectivity index (χ4n) is 2.19. The van der Waals surface area contributed by atoms with Crippen LogP contribution in [0, 0.1) is 17.5 Å². The van der Waals surface area contributed by atoms with E-state index in [0.29, 0.717) is 10.2 Å². The Morgan fingerprint density at radius 3 is 2.82 bits per heavy atom. The summed E-state index contributed by atoms with van der Waals surface area (Å²) in [6.45, 7) is -0.148. The van der Waals surface area contributed by atoms with Crippen LogP contribution in [0.5, 0.6) is 0 Å². The van der Waals surface area contributed by atoms with Gasteiger partial charge in [-0.3, -0.25) is 9.89 Å². The fraction of sp³-hybridized carbons (Fsp3) is 0.231. The molecule has 1 N–H and O–H groups in total. The molecule has 116 valence electrons. The van der Waals surface area contributed by atoms with Gasteiger partial charge in [0.05, 0.1) is 28.7 Å². The zero-order chi connectivity index (χ0) is 15.9. The summed E-state index contributed by atoms with van der Waals surface area (Å²) in [6.07, 6.45) is 1.55. The number of aromatic nitrogens is 2. The molecule has 0 saturated carbocycles. The maximum atomic E-state index is 13.8. The molecule has 1 aliphatic rings. The smallest absolute Gasteiger partial charge is 0.234 e. The molecule has 0 spiro atoms. The largest absolute Gasteiger partial charge is 0.320 e. The lowest BCUT2D eigenvalue weighted by Crippen LogP contribution is -2.28. The molecule has 22 heavy (non-hydrogen) atoms. The number of benzene rings is 1. The van der Waals surface area contributed by atoms with Gasteiger partial charge in [-0.05, 0) is 22.0 Å². The molecule has 1 aromatic heterocycles. The number of amides is 1. The highest BCUT2D eigenvalue weighted by atomic mass is 79.9. The van der Waals surface area contributed by atoms with Gasteiger partial charge in [0.15, 0.2) is 17.5 Å². The van der Waals surface area contributed by atoms with Gasteiger partial charge >= 0.3 is 0 Å². The van der Waals surface area contributed by atoms with Crippen molar-refractivity contribution >= 4 is 33.6 Å². The molecular weight excluding hydrogens is 383 g/mol. The van der Waals surface area contributed by atoms with Crippen LogP contribution in [0.15, 0.2) is 22.8 Å². The molecule has 1 fully saturated rings. The van der Waals surface area contributed by atoms with Crippen molar-refractivity contribution in [3.63, 3.8) is 0 Å². The first-order valence-electron chi connectivity index (χ1n) is 6.21. The molecule has 9 heteroatoms. The van der Waals surface area contributed by atoms with Crippen LogP contribution in [0.2, 0.25) is 0 Å². The van der Waals surface area contributed by atoms with Crippen molar-refractivity contribution in [3.8, 4) is 0 Å². The van der Waals surface area contributed by atoms with Crippen molar-refractivity contribution in [1.29, 1.82) is 0 Å². The first kappa shape index (κ1) is 15.4. The zero-order valence-corrected chi connectivity index (χ0v) is 13.3. The van der Waals surface area contributed by atoms with Crippen molar-refractivity contribution in [1.82, 2.24) is 15.1 Å². The fourth-order valence-corrected chi connectivity index (χ4v) is 3.93. The minimum Gasteiger partial charge on any atom is -0.320 e. The van der Waals surface area contributed by atoms with Crippen LogP contribution in [0.4, 0.5) is 13.2 Å². The van der Waals surface area contributed by atoms with E-state index in [4.69, 9.17) is 0 Å². The van der Waals surface area contributed by atoms with Gasteiger partial charge in [0.1, 0.15) is 5.37 Å². The van der Waals surface area contributed by atoms with Gasteiger partial charge in [-0.15, -0.1) is 11.8 Å². The van der Waals surface area contributed by atoms with E-state index in [1.165, 1.54) is 16.7 Å². The van der Waals surface area contributed by atoms with E-state index in [1.54, 1.807) is 6.20 Å². The Morgan fingerprint density at radius 2 is 2.14 bits per heavy atom. The summed E-state index contributed by atoms with van der Waals surface area (Å²) in [5, 5.41) is 6.26. The number of rotatable bonds is 3. The highest BCUT2D eigenvalue weighted by molar-refractivity contribution is 9.10. The topological polar surface area (TPSA) is 49.0 Å². The second-order valence-electron chi connectivity index (χ2n) is 4.65. The molecular formula is C13H9BrF3N3OS. The van der Waals surface area contributed by atoms with Crippen LogP contribution in [0.3, 0.4) is 0 Å². The quantitative estimate of drug-likeness (QED) is 0.816. The number of hydrogen-bond donors (Lipinski definition) is 1. The van der Waals surface area contributed by atoms with Crippen LogP contribution in [-0.2, 0) is 11.3 Å². The predicted octanol–water partition coefficient (Wildman–Crippen LogP) is 3.36. The summed E-state index contributed by atoms with van der Waals surface area (Å²) in [5.74, 6) is -4.04. The summed E-state index contributed by atoms with van der Waals surface area (Å²) >= 11 is 4.66. The summed E-state index contributed by atoms with van der Waals surface area (Å²) in [7, 11) is 0. The van der Waals surface area contributed by atoms with Crippen LogP contribution >= 0.6 is 27.7 Å². The molecule has 4 nitrogen and oxygen atoms in total. The van der Waals surface area contributed by atoms with Crippen LogP contribution < -0.4 is 0 Å². The number of H-pyrrole nitrogens is 1. The molecule has 1 unspecified atom stereocenters. The summed E-state index contributed by atoms with van der Waals surface area (Å²) < 4.78 is 40.8. The van der Waals surface area contributed by atoms with E-state index in [9.17, 15) is 18.0 Å². The summed E-state index contributed by atoms with van der Waals surface area (Å²) in [5.41, 5.74) is 0.592. The van der Waals surface area contributed by atoms with Gasteiger partial charge in [0.25, 0.3) is 0 Å². The van der Waals surface area contributed by atoms with Crippen molar-refractivity contribution in [2.24, 2.45) is 0 Å².